The molecule has 12 heavy (non-hydrogen) atoms. The molecule has 6 heteroatoms. The predicted molar refractivity (Wildman–Crippen MR) is 33.5 cm³/mol. The Kier molecular flexibility index (Phi) is 2.84. The first-order valence-corrected chi connectivity index (χ1v) is 3.07. The lowest BCUT2D eigenvalue weighted by molar-refractivity contribution is 0.0769. The molecule has 0 radical (unpaired) electrons. The molecule has 1 aromatic heterocycles. The van der Waals surface area contributed by atoms with Crippen molar-refractivity contribution in [1.29, 1.82) is 0 Å². The molecule has 0 unspecified atom stereocenters. The van der Waals surface area contributed by atoms with Gasteiger partial charge in [-0.1, -0.05) is 0 Å². The average molecular weight is 178 g/mol. The van der Waals surface area contributed by atoms with E-state index in [1.165, 1.54) is 0 Å². The van der Waals surface area contributed by atoms with Gasteiger partial charge in [-0.2, -0.15) is 0 Å². The smallest absolute Gasteiger partial charge is 0.316 e. The molecule has 0 aliphatic rings. The maximum atomic E-state index is 12.2. The lowest BCUT2D eigenvalue weighted by Gasteiger charge is -2.01. The standard InChI is InChI=1S/C6H5F3N2O/c7-4-1-10-6(11-2-4)12-3-5(8)9/h1-2,5H,3H2. The van der Waals surface area contributed by atoms with Gasteiger partial charge >= 0.3 is 6.01 Å². The highest BCUT2D eigenvalue weighted by molar-refractivity contribution is 4.95. The number of hydrogen-bond donors (Lipinski definition) is 0. The topological polar surface area (TPSA) is 35.0 Å². The minimum atomic E-state index is -2.58. The monoisotopic (exact) mass is 178 g/mol. The van der Waals surface area contributed by atoms with E-state index in [-0.39, 0.29) is 6.01 Å². The van der Waals surface area contributed by atoms with Crippen molar-refractivity contribution in [3.8, 4) is 6.01 Å². The van der Waals surface area contributed by atoms with E-state index in [1.807, 2.05) is 0 Å². The van der Waals surface area contributed by atoms with Crippen LogP contribution in [0.1, 0.15) is 0 Å². The SMILES string of the molecule is Fc1cnc(OCC(F)F)nc1. The third-order valence-electron chi connectivity index (χ3n) is 0.935. The number of aromatic nitrogens is 2. The highest BCUT2D eigenvalue weighted by atomic mass is 19.3. The van der Waals surface area contributed by atoms with Gasteiger partial charge < -0.3 is 4.74 Å². The van der Waals surface area contributed by atoms with Crippen LogP contribution in [-0.2, 0) is 0 Å². The molecule has 66 valence electrons. The molecule has 0 aromatic carbocycles. The maximum Gasteiger partial charge on any atom is 0.316 e. The Morgan fingerprint density at radius 3 is 2.42 bits per heavy atom. The fourth-order valence-corrected chi connectivity index (χ4v) is 0.513. The van der Waals surface area contributed by atoms with E-state index in [0.717, 1.165) is 12.4 Å². The second-order valence-corrected chi connectivity index (χ2v) is 1.89. The largest absolute Gasteiger partial charge is 0.457 e. The van der Waals surface area contributed by atoms with E-state index in [9.17, 15) is 13.2 Å². The van der Waals surface area contributed by atoms with E-state index in [0.29, 0.717) is 0 Å². The molecule has 1 rings (SSSR count). The van der Waals surface area contributed by atoms with Crippen LogP contribution in [-0.4, -0.2) is 23.0 Å². The second kappa shape index (κ2) is 3.89. The highest BCUT2D eigenvalue weighted by Gasteiger charge is 2.04. The summed E-state index contributed by atoms with van der Waals surface area (Å²) >= 11 is 0. The minimum Gasteiger partial charge on any atom is -0.457 e. The molecule has 1 heterocycles. The number of alkyl halides is 2. The van der Waals surface area contributed by atoms with Gasteiger partial charge in [0.2, 0.25) is 0 Å². The lowest BCUT2D eigenvalue weighted by Crippen LogP contribution is -2.08. The number of rotatable bonds is 3. The van der Waals surface area contributed by atoms with Gasteiger partial charge in [-0.15, -0.1) is 0 Å². The number of halogens is 3. The molecule has 0 amide bonds. The van der Waals surface area contributed by atoms with Gasteiger partial charge in [-0.25, -0.2) is 23.1 Å². The maximum absolute atomic E-state index is 12.2. The van der Waals surface area contributed by atoms with Crippen LogP contribution in [0.15, 0.2) is 12.4 Å². The molecule has 0 saturated heterocycles. The van der Waals surface area contributed by atoms with Gasteiger partial charge in [0.05, 0.1) is 12.4 Å². The van der Waals surface area contributed by atoms with E-state index in [1.54, 1.807) is 0 Å². The Hall–Kier alpha value is -1.33. The molecule has 0 fully saturated rings. The number of nitrogens with zero attached hydrogens (tertiary/aromatic N) is 2. The molecule has 0 N–H and O–H groups in total. The van der Waals surface area contributed by atoms with Crippen molar-refractivity contribution in [2.75, 3.05) is 6.61 Å². The van der Waals surface area contributed by atoms with Crippen LogP contribution in [0.2, 0.25) is 0 Å². The zero-order valence-corrected chi connectivity index (χ0v) is 5.88. The zero-order chi connectivity index (χ0) is 8.97. The van der Waals surface area contributed by atoms with E-state index < -0.39 is 18.8 Å². The predicted octanol–water partition coefficient (Wildman–Crippen LogP) is 1.26. The quantitative estimate of drug-likeness (QED) is 0.698. The van der Waals surface area contributed by atoms with E-state index in [4.69, 9.17) is 0 Å². The Morgan fingerprint density at radius 1 is 1.33 bits per heavy atom. The summed E-state index contributed by atoms with van der Waals surface area (Å²) in [5.41, 5.74) is 0. The van der Waals surface area contributed by atoms with Crippen molar-refractivity contribution in [2.24, 2.45) is 0 Å². The third kappa shape index (κ3) is 2.73. The van der Waals surface area contributed by atoms with Crippen molar-refractivity contribution >= 4 is 0 Å². The van der Waals surface area contributed by atoms with Crippen molar-refractivity contribution in [1.82, 2.24) is 9.97 Å². The first-order valence-electron chi connectivity index (χ1n) is 3.07. The Bertz CT molecular complexity index is 239. The van der Waals surface area contributed by atoms with Gasteiger partial charge in [0.1, 0.15) is 0 Å². The van der Waals surface area contributed by atoms with E-state index in [2.05, 4.69) is 14.7 Å². The van der Waals surface area contributed by atoms with Crippen molar-refractivity contribution in [3.05, 3.63) is 18.2 Å². The van der Waals surface area contributed by atoms with Crippen molar-refractivity contribution in [3.63, 3.8) is 0 Å². The summed E-state index contributed by atoms with van der Waals surface area (Å²) in [4.78, 5) is 6.62. The number of ether oxygens (including phenoxy) is 1. The summed E-state index contributed by atoms with van der Waals surface area (Å²) in [5, 5.41) is 0. The van der Waals surface area contributed by atoms with Crippen LogP contribution in [0, 0.1) is 5.82 Å². The number of hydrogen-bond acceptors (Lipinski definition) is 3. The summed E-state index contributed by atoms with van der Waals surface area (Å²) in [7, 11) is 0. The zero-order valence-electron chi connectivity index (χ0n) is 5.88. The van der Waals surface area contributed by atoms with E-state index >= 15 is 0 Å². The first-order chi connectivity index (χ1) is 5.68. The summed E-state index contributed by atoms with van der Waals surface area (Å²) in [6, 6.07) is -0.253. The molecule has 0 aliphatic carbocycles. The van der Waals surface area contributed by atoms with Crippen LogP contribution >= 0.6 is 0 Å². The highest BCUT2D eigenvalue weighted by Crippen LogP contribution is 2.02. The fourth-order valence-electron chi connectivity index (χ4n) is 0.513. The molecular formula is C6H5F3N2O. The summed E-state index contributed by atoms with van der Waals surface area (Å²) < 4.78 is 39.6. The fraction of sp³-hybridized carbons (Fsp3) is 0.333. The lowest BCUT2D eigenvalue weighted by atomic mass is 10.6. The molecule has 0 saturated carbocycles. The molecular weight excluding hydrogens is 173 g/mol. The summed E-state index contributed by atoms with van der Waals surface area (Å²) in [6.45, 7) is -0.786. The van der Waals surface area contributed by atoms with Crippen LogP contribution < -0.4 is 4.74 Å². The third-order valence-corrected chi connectivity index (χ3v) is 0.935. The van der Waals surface area contributed by atoms with Crippen LogP contribution in [0.25, 0.3) is 0 Å². The Labute approximate surface area is 66.2 Å². The second-order valence-electron chi connectivity index (χ2n) is 1.89. The normalized spacial score (nSPS) is 10.3. The minimum absolute atomic E-state index is 0.253. The van der Waals surface area contributed by atoms with Crippen molar-refractivity contribution in [2.45, 2.75) is 6.43 Å². The summed E-state index contributed by atoms with van der Waals surface area (Å²) in [6.07, 6.45) is -0.902. The van der Waals surface area contributed by atoms with Crippen LogP contribution in [0.3, 0.4) is 0 Å². The Balaban J connectivity index is 2.48. The van der Waals surface area contributed by atoms with Gasteiger partial charge in [-0.05, 0) is 0 Å². The van der Waals surface area contributed by atoms with Crippen LogP contribution in [0.4, 0.5) is 13.2 Å². The molecule has 0 aliphatic heterocycles. The molecule has 0 atom stereocenters. The molecule has 0 spiro atoms. The van der Waals surface area contributed by atoms with Gasteiger partial charge in [0.25, 0.3) is 6.43 Å². The van der Waals surface area contributed by atoms with Gasteiger partial charge in [0.15, 0.2) is 12.4 Å². The molecule has 1 aromatic rings. The average Bonchev–Trinajstić information content (AvgIpc) is 2.03. The Morgan fingerprint density at radius 2 is 1.92 bits per heavy atom. The molecule has 3 nitrogen and oxygen atoms in total. The molecule has 0 bridgehead atoms. The van der Waals surface area contributed by atoms with Gasteiger partial charge in [0, 0.05) is 0 Å². The van der Waals surface area contributed by atoms with Crippen LogP contribution in [0.5, 0.6) is 6.01 Å². The first kappa shape index (κ1) is 8.76. The summed E-state index contributed by atoms with van der Waals surface area (Å²) in [5.74, 6) is -0.639. The van der Waals surface area contributed by atoms with Gasteiger partial charge in [-0.3, -0.25) is 0 Å². The van der Waals surface area contributed by atoms with Crippen molar-refractivity contribution < 1.29 is 17.9 Å².